The van der Waals surface area contributed by atoms with Gasteiger partial charge in [-0.3, -0.25) is 0 Å². The van der Waals surface area contributed by atoms with Crippen molar-refractivity contribution in [1.29, 1.82) is 0 Å². The second kappa shape index (κ2) is 7.91. The molecule has 2 atom stereocenters. The molecular weight excluding hydrogens is 266 g/mol. The molecule has 2 fully saturated rings. The van der Waals surface area contributed by atoms with Gasteiger partial charge in [-0.05, 0) is 51.0 Å². The first-order chi connectivity index (χ1) is 9.96. The van der Waals surface area contributed by atoms with Crippen LogP contribution in [-0.4, -0.2) is 61.7 Å². The number of hydrogen-bond donors (Lipinski definition) is 1. The zero-order chi connectivity index (χ0) is 15.3. The van der Waals surface area contributed by atoms with E-state index in [1.54, 1.807) is 0 Å². The van der Waals surface area contributed by atoms with Gasteiger partial charge >= 0.3 is 0 Å². The van der Waals surface area contributed by atoms with Crippen LogP contribution in [0.25, 0.3) is 0 Å². The van der Waals surface area contributed by atoms with E-state index in [0.29, 0.717) is 31.2 Å². The molecule has 1 saturated carbocycles. The lowest BCUT2D eigenvalue weighted by molar-refractivity contribution is -0.0285. The minimum atomic E-state index is -0.397. The van der Waals surface area contributed by atoms with Crippen LogP contribution in [0.15, 0.2) is 0 Å². The van der Waals surface area contributed by atoms with Gasteiger partial charge in [-0.2, -0.15) is 0 Å². The Hall–Kier alpha value is -0.160. The van der Waals surface area contributed by atoms with Crippen LogP contribution in [0, 0.1) is 5.41 Å². The third-order valence-electron chi connectivity index (χ3n) is 5.07. The van der Waals surface area contributed by atoms with E-state index in [2.05, 4.69) is 25.8 Å². The molecule has 4 heteroatoms. The van der Waals surface area contributed by atoms with Crippen molar-refractivity contribution in [2.45, 2.75) is 70.6 Å². The van der Waals surface area contributed by atoms with Crippen LogP contribution in [0.2, 0.25) is 0 Å². The summed E-state index contributed by atoms with van der Waals surface area (Å²) in [7, 11) is 2.13. The van der Waals surface area contributed by atoms with Crippen LogP contribution in [-0.2, 0) is 9.47 Å². The topological polar surface area (TPSA) is 41.9 Å². The molecule has 0 bridgehead atoms. The molecule has 0 spiro atoms. The van der Waals surface area contributed by atoms with E-state index in [-0.39, 0.29) is 6.10 Å². The smallest absolute Gasteiger partial charge is 0.0900 e. The first-order valence-electron chi connectivity index (χ1n) is 8.54. The highest BCUT2D eigenvalue weighted by molar-refractivity contribution is 4.83. The van der Waals surface area contributed by atoms with Crippen LogP contribution in [0.4, 0.5) is 0 Å². The first kappa shape index (κ1) is 17.2. The number of aliphatic hydroxyl groups excluding tert-OH is 1. The third-order valence-corrected chi connectivity index (χ3v) is 5.07. The Kier molecular flexibility index (Phi) is 6.48. The lowest BCUT2D eigenvalue weighted by Crippen LogP contribution is -2.42. The largest absolute Gasteiger partial charge is 0.389 e. The zero-order valence-corrected chi connectivity index (χ0v) is 14.0. The Balaban J connectivity index is 1.59. The van der Waals surface area contributed by atoms with E-state index in [1.165, 1.54) is 25.7 Å². The molecule has 0 radical (unpaired) electrons. The fourth-order valence-electron chi connectivity index (χ4n) is 3.47. The molecule has 1 N–H and O–H groups in total. The molecule has 0 aromatic rings. The van der Waals surface area contributed by atoms with Gasteiger partial charge in [-0.25, -0.2) is 0 Å². The molecule has 0 aromatic heterocycles. The average molecular weight is 299 g/mol. The summed E-state index contributed by atoms with van der Waals surface area (Å²) in [5.41, 5.74) is 0.500. The van der Waals surface area contributed by atoms with Crippen molar-refractivity contribution in [2.75, 3.05) is 33.4 Å². The summed E-state index contributed by atoms with van der Waals surface area (Å²) < 4.78 is 11.1. The maximum Gasteiger partial charge on any atom is 0.0900 e. The van der Waals surface area contributed by atoms with E-state index in [0.717, 1.165) is 19.4 Å². The third kappa shape index (κ3) is 5.85. The predicted molar refractivity (Wildman–Crippen MR) is 84.5 cm³/mol. The summed E-state index contributed by atoms with van der Waals surface area (Å²) in [6.07, 6.45) is 7.13. The number of ether oxygens (including phenoxy) is 2. The van der Waals surface area contributed by atoms with Crippen LogP contribution >= 0.6 is 0 Å². The molecule has 0 amide bonds. The molecule has 1 aliphatic carbocycles. The molecule has 2 rings (SSSR count). The molecule has 21 heavy (non-hydrogen) atoms. The van der Waals surface area contributed by atoms with Crippen molar-refractivity contribution < 1.29 is 14.6 Å². The van der Waals surface area contributed by atoms with Crippen LogP contribution in [0.3, 0.4) is 0 Å². The number of likely N-dealkylation sites (N-methyl/N-ethyl adjacent to an activating group) is 1. The zero-order valence-electron chi connectivity index (χ0n) is 14.0. The van der Waals surface area contributed by atoms with Gasteiger partial charge in [0.25, 0.3) is 0 Å². The summed E-state index contributed by atoms with van der Waals surface area (Å²) >= 11 is 0. The van der Waals surface area contributed by atoms with Crippen molar-refractivity contribution >= 4 is 0 Å². The minimum Gasteiger partial charge on any atom is -0.389 e. The van der Waals surface area contributed by atoms with Gasteiger partial charge in [0.1, 0.15) is 0 Å². The normalized spacial score (nSPS) is 28.1. The second-order valence-electron chi connectivity index (χ2n) is 7.66. The average Bonchev–Trinajstić information content (AvgIpc) is 2.91. The Labute approximate surface area is 129 Å². The monoisotopic (exact) mass is 299 g/mol. The van der Waals surface area contributed by atoms with Gasteiger partial charge in [-0.1, -0.05) is 13.8 Å². The lowest BCUT2D eigenvalue weighted by atomic mass is 9.75. The SMILES string of the molecule is CN(CC(O)COCC1CCCO1)C1CCC(C)(C)CC1. The molecule has 2 aliphatic rings. The summed E-state index contributed by atoms with van der Waals surface area (Å²) in [5.74, 6) is 0. The molecule has 124 valence electrons. The minimum absolute atomic E-state index is 0.246. The van der Waals surface area contributed by atoms with E-state index in [4.69, 9.17) is 9.47 Å². The van der Waals surface area contributed by atoms with Gasteiger partial charge in [0.05, 0.1) is 25.4 Å². The van der Waals surface area contributed by atoms with Crippen LogP contribution in [0.1, 0.15) is 52.4 Å². The van der Waals surface area contributed by atoms with Crippen molar-refractivity contribution in [2.24, 2.45) is 5.41 Å². The van der Waals surface area contributed by atoms with Crippen molar-refractivity contribution in [3.63, 3.8) is 0 Å². The van der Waals surface area contributed by atoms with E-state index >= 15 is 0 Å². The first-order valence-corrected chi connectivity index (χ1v) is 8.54. The maximum absolute atomic E-state index is 10.1. The fourth-order valence-corrected chi connectivity index (χ4v) is 3.47. The lowest BCUT2D eigenvalue weighted by Gasteiger charge is -2.39. The molecule has 0 aromatic carbocycles. The van der Waals surface area contributed by atoms with Gasteiger partial charge in [0.15, 0.2) is 0 Å². The van der Waals surface area contributed by atoms with Gasteiger partial charge in [0, 0.05) is 19.2 Å². The molecule has 1 aliphatic heterocycles. The highest BCUT2D eigenvalue weighted by Crippen LogP contribution is 2.36. The number of nitrogens with zero attached hydrogens (tertiary/aromatic N) is 1. The van der Waals surface area contributed by atoms with E-state index < -0.39 is 6.10 Å². The standard InChI is InChI=1S/C17H33NO3/c1-17(2)8-6-14(7-9-17)18(3)11-15(19)12-20-13-16-5-4-10-21-16/h14-16,19H,4-13H2,1-3H3. The Morgan fingerprint density at radius 1 is 1.29 bits per heavy atom. The van der Waals surface area contributed by atoms with Crippen LogP contribution in [0.5, 0.6) is 0 Å². The van der Waals surface area contributed by atoms with Crippen molar-refractivity contribution in [1.82, 2.24) is 4.90 Å². The highest BCUT2D eigenvalue weighted by atomic mass is 16.5. The van der Waals surface area contributed by atoms with Crippen LogP contribution < -0.4 is 0 Å². The maximum atomic E-state index is 10.1. The quantitative estimate of drug-likeness (QED) is 0.784. The van der Waals surface area contributed by atoms with Gasteiger partial charge < -0.3 is 19.5 Å². The molecular formula is C17H33NO3. The summed E-state index contributed by atoms with van der Waals surface area (Å²) in [4.78, 5) is 2.31. The molecule has 2 unspecified atom stereocenters. The molecule has 1 saturated heterocycles. The summed E-state index contributed by atoms with van der Waals surface area (Å²) in [6.45, 7) is 7.32. The molecule has 1 heterocycles. The Morgan fingerprint density at radius 2 is 2.00 bits per heavy atom. The summed E-state index contributed by atoms with van der Waals surface area (Å²) in [6, 6.07) is 0.617. The van der Waals surface area contributed by atoms with Gasteiger partial charge in [0.2, 0.25) is 0 Å². The van der Waals surface area contributed by atoms with Crippen molar-refractivity contribution in [3.8, 4) is 0 Å². The Morgan fingerprint density at radius 3 is 2.62 bits per heavy atom. The molecule has 4 nitrogen and oxygen atoms in total. The second-order valence-corrected chi connectivity index (χ2v) is 7.66. The number of hydrogen-bond acceptors (Lipinski definition) is 4. The van der Waals surface area contributed by atoms with E-state index in [1.807, 2.05) is 0 Å². The van der Waals surface area contributed by atoms with Crippen molar-refractivity contribution in [3.05, 3.63) is 0 Å². The predicted octanol–water partition coefficient (Wildman–Crippen LogP) is 2.44. The number of rotatable bonds is 7. The van der Waals surface area contributed by atoms with Gasteiger partial charge in [-0.15, -0.1) is 0 Å². The van der Waals surface area contributed by atoms with E-state index in [9.17, 15) is 5.11 Å². The Bertz CT molecular complexity index is 292. The number of aliphatic hydroxyl groups is 1. The fraction of sp³-hybridized carbons (Fsp3) is 1.00. The summed E-state index contributed by atoms with van der Waals surface area (Å²) in [5, 5.41) is 10.1. The highest BCUT2D eigenvalue weighted by Gasteiger charge is 2.29.